The van der Waals surface area contributed by atoms with Gasteiger partial charge >= 0.3 is 0 Å². The second kappa shape index (κ2) is 6.17. The van der Waals surface area contributed by atoms with Gasteiger partial charge in [-0.1, -0.05) is 0 Å². The molecule has 3 heterocycles. The monoisotopic (exact) mass is 308 g/mol. The zero-order valence-electron chi connectivity index (χ0n) is 12.8. The Hall–Kier alpha value is -1.74. The molecular weight excluding hydrogens is 288 g/mol. The summed E-state index contributed by atoms with van der Waals surface area (Å²) >= 11 is 0. The lowest BCUT2D eigenvalue weighted by atomic mass is 10.1. The van der Waals surface area contributed by atoms with E-state index < -0.39 is 6.23 Å². The van der Waals surface area contributed by atoms with Gasteiger partial charge in [0, 0.05) is 27.5 Å². The topological polar surface area (TPSA) is 93.7 Å². The summed E-state index contributed by atoms with van der Waals surface area (Å²) in [6, 6.07) is 1.72. The van der Waals surface area contributed by atoms with Crippen molar-refractivity contribution in [2.75, 3.05) is 33.7 Å². The summed E-state index contributed by atoms with van der Waals surface area (Å²) in [5.74, 6) is 0. The highest BCUT2D eigenvalue weighted by Gasteiger charge is 2.46. The van der Waals surface area contributed by atoms with Crippen molar-refractivity contribution < 1.29 is 18.9 Å². The van der Waals surface area contributed by atoms with Gasteiger partial charge in [0.2, 0.25) is 0 Å². The van der Waals surface area contributed by atoms with Crippen LogP contribution in [0.3, 0.4) is 0 Å². The Labute approximate surface area is 128 Å². The van der Waals surface area contributed by atoms with E-state index in [-0.39, 0.29) is 18.3 Å². The number of fused-ring (bicyclic) bond motifs is 1. The minimum absolute atomic E-state index is 0.233. The number of rotatable bonds is 5. The van der Waals surface area contributed by atoms with Crippen molar-refractivity contribution in [1.29, 1.82) is 0 Å². The minimum atomic E-state index is -0.408. The van der Waals surface area contributed by atoms with Crippen LogP contribution in [0.15, 0.2) is 18.6 Å². The predicted octanol–water partition coefficient (Wildman–Crippen LogP) is 0.587. The maximum Gasteiger partial charge on any atom is 0.166 e. The van der Waals surface area contributed by atoms with Crippen LogP contribution in [-0.4, -0.2) is 60.8 Å². The number of hydrogen-bond donors (Lipinski definition) is 1. The quantitative estimate of drug-likeness (QED) is 0.863. The molecule has 1 fully saturated rings. The second-order valence-electron chi connectivity index (χ2n) is 5.15. The van der Waals surface area contributed by atoms with Gasteiger partial charge < -0.3 is 24.7 Å². The van der Waals surface area contributed by atoms with E-state index in [0.29, 0.717) is 23.5 Å². The Morgan fingerprint density at radius 3 is 2.68 bits per heavy atom. The van der Waals surface area contributed by atoms with Crippen molar-refractivity contribution in [2.45, 2.75) is 24.5 Å². The van der Waals surface area contributed by atoms with Crippen molar-refractivity contribution in [1.82, 2.24) is 14.5 Å². The van der Waals surface area contributed by atoms with Gasteiger partial charge in [-0.25, -0.2) is 9.97 Å². The molecule has 0 bridgehead atoms. The van der Waals surface area contributed by atoms with E-state index >= 15 is 0 Å². The maximum absolute atomic E-state index is 6.07. The summed E-state index contributed by atoms with van der Waals surface area (Å²) in [5.41, 5.74) is 7.80. The third-order valence-corrected chi connectivity index (χ3v) is 3.93. The number of anilines is 1. The first kappa shape index (κ1) is 15.2. The van der Waals surface area contributed by atoms with Crippen LogP contribution in [-0.2, 0) is 18.9 Å². The minimum Gasteiger partial charge on any atom is -0.397 e. The van der Waals surface area contributed by atoms with Crippen molar-refractivity contribution in [3.05, 3.63) is 18.6 Å². The number of methoxy groups -OCH3 is 3. The number of ether oxygens (including phenoxy) is 4. The summed E-state index contributed by atoms with van der Waals surface area (Å²) in [4.78, 5) is 8.67. The van der Waals surface area contributed by atoms with E-state index in [2.05, 4.69) is 9.97 Å². The summed E-state index contributed by atoms with van der Waals surface area (Å²) in [6.07, 6.45) is 2.12. The van der Waals surface area contributed by atoms with Gasteiger partial charge in [-0.15, -0.1) is 0 Å². The van der Waals surface area contributed by atoms with Crippen molar-refractivity contribution in [2.24, 2.45) is 0 Å². The molecule has 0 aromatic carbocycles. The molecule has 0 amide bonds. The lowest BCUT2D eigenvalue weighted by Gasteiger charge is -2.21. The van der Waals surface area contributed by atoms with Gasteiger partial charge in [-0.3, -0.25) is 4.57 Å². The number of aromatic nitrogens is 3. The Bertz CT molecular complexity index is 647. The van der Waals surface area contributed by atoms with Crippen LogP contribution in [0, 0.1) is 0 Å². The maximum atomic E-state index is 6.07. The third kappa shape index (κ3) is 2.34. The van der Waals surface area contributed by atoms with Crippen LogP contribution >= 0.6 is 0 Å². The van der Waals surface area contributed by atoms with Gasteiger partial charge in [0.1, 0.15) is 23.8 Å². The Kier molecular flexibility index (Phi) is 4.25. The molecule has 0 saturated carbocycles. The highest BCUT2D eigenvalue weighted by Crippen LogP contribution is 2.35. The summed E-state index contributed by atoms with van der Waals surface area (Å²) in [7, 11) is 4.89. The van der Waals surface area contributed by atoms with Crippen LogP contribution in [0.1, 0.15) is 6.23 Å². The summed E-state index contributed by atoms with van der Waals surface area (Å²) in [6.45, 7) is 0.414. The van der Waals surface area contributed by atoms with Gasteiger partial charge in [-0.05, 0) is 6.07 Å². The number of nitrogens with zero attached hydrogens (tertiary/aromatic N) is 3. The molecule has 2 aromatic rings. The van der Waals surface area contributed by atoms with Crippen molar-refractivity contribution >= 4 is 16.9 Å². The number of nitrogens with two attached hydrogens (primary N) is 1. The standard InChI is InChI=1S/C14H20N4O4/c1-19-6-9-11(20-2)12(21-3)14(22-9)18-7-17-10-8(15)4-5-16-13(10)18/h4-5,7,9,11-12,14H,6H2,1-3H3,(H2,15,16)/t9-,11?,12+,14-/m1/s1. The van der Waals surface area contributed by atoms with Gasteiger partial charge in [0.15, 0.2) is 11.9 Å². The van der Waals surface area contributed by atoms with Crippen LogP contribution in [0.5, 0.6) is 0 Å². The van der Waals surface area contributed by atoms with Crippen LogP contribution in [0.4, 0.5) is 5.69 Å². The number of pyridine rings is 1. The zero-order valence-corrected chi connectivity index (χ0v) is 12.8. The van der Waals surface area contributed by atoms with E-state index in [9.17, 15) is 0 Å². The normalized spacial score (nSPS) is 28.5. The molecule has 1 unspecified atom stereocenters. The predicted molar refractivity (Wildman–Crippen MR) is 79.3 cm³/mol. The van der Waals surface area contributed by atoms with Gasteiger partial charge in [0.25, 0.3) is 0 Å². The zero-order chi connectivity index (χ0) is 15.7. The Morgan fingerprint density at radius 2 is 2.00 bits per heavy atom. The average Bonchev–Trinajstić information content (AvgIpc) is 3.09. The SMILES string of the molecule is COC[C@H]1O[C@@H](n2cnc3c(N)ccnc32)[C@@H](OC)C1OC. The van der Waals surface area contributed by atoms with E-state index in [1.807, 2.05) is 4.57 Å². The molecule has 3 rings (SSSR count). The van der Waals surface area contributed by atoms with Crippen molar-refractivity contribution in [3.8, 4) is 0 Å². The molecular formula is C14H20N4O4. The molecule has 8 nitrogen and oxygen atoms in total. The van der Waals surface area contributed by atoms with E-state index in [1.165, 1.54) is 0 Å². The molecule has 2 aromatic heterocycles. The van der Waals surface area contributed by atoms with E-state index in [1.54, 1.807) is 39.9 Å². The van der Waals surface area contributed by atoms with Gasteiger partial charge in [-0.2, -0.15) is 0 Å². The van der Waals surface area contributed by atoms with E-state index in [0.717, 1.165) is 0 Å². The smallest absolute Gasteiger partial charge is 0.166 e. The molecule has 8 heteroatoms. The van der Waals surface area contributed by atoms with Gasteiger partial charge in [0.05, 0.1) is 18.6 Å². The first-order chi connectivity index (χ1) is 10.7. The fraction of sp³-hybridized carbons (Fsp3) is 0.571. The average molecular weight is 308 g/mol. The highest BCUT2D eigenvalue weighted by molar-refractivity contribution is 5.83. The number of nitrogen functional groups attached to an aromatic ring is 1. The number of hydrogen-bond acceptors (Lipinski definition) is 7. The molecule has 2 N–H and O–H groups in total. The lowest BCUT2D eigenvalue weighted by Crippen LogP contribution is -2.36. The molecule has 1 saturated heterocycles. The number of imidazole rings is 1. The lowest BCUT2D eigenvalue weighted by molar-refractivity contribution is -0.0636. The van der Waals surface area contributed by atoms with Crippen LogP contribution in [0.2, 0.25) is 0 Å². The summed E-state index contributed by atoms with van der Waals surface area (Å²) < 4.78 is 24.2. The highest BCUT2D eigenvalue weighted by atomic mass is 16.6. The third-order valence-electron chi connectivity index (χ3n) is 3.93. The summed E-state index contributed by atoms with van der Waals surface area (Å²) in [5, 5.41) is 0. The fourth-order valence-electron chi connectivity index (χ4n) is 2.91. The molecule has 0 aliphatic carbocycles. The Balaban J connectivity index is 2.00. The second-order valence-corrected chi connectivity index (χ2v) is 5.15. The first-order valence-corrected chi connectivity index (χ1v) is 6.98. The molecule has 0 radical (unpaired) electrons. The van der Waals surface area contributed by atoms with Crippen LogP contribution in [0.25, 0.3) is 11.2 Å². The fourth-order valence-corrected chi connectivity index (χ4v) is 2.91. The molecule has 0 spiro atoms. The van der Waals surface area contributed by atoms with Crippen LogP contribution < -0.4 is 5.73 Å². The molecule has 22 heavy (non-hydrogen) atoms. The molecule has 4 atom stereocenters. The molecule has 120 valence electrons. The largest absolute Gasteiger partial charge is 0.397 e. The van der Waals surface area contributed by atoms with Crippen molar-refractivity contribution in [3.63, 3.8) is 0 Å². The first-order valence-electron chi connectivity index (χ1n) is 6.98. The van der Waals surface area contributed by atoms with E-state index in [4.69, 9.17) is 24.7 Å². The molecule has 1 aliphatic heterocycles. The molecule has 1 aliphatic rings. The Morgan fingerprint density at radius 1 is 1.23 bits per heavy atom.